The number of hydrogen-bond acceptors (Lipinski definition) is 4. The summed E-state index contributed by atoms with van der Waals surface area (Å²) in [6.45, 7) is 0. The van der Waals surface area contributed by atoms with Crippen molar-refractivity contribution in [1.29, 1.82) is 0 Å². The van der Waals surface area contributed by atoms with Crippen LogP contribution >= 0.6 is 0 Å². The molecular weight excluding hydrogens is 278 g/mol. The molecule has 4 rings (SSSR count). The van der Waals surface area contributed by atoms with E-state index in [4.69, 9.17) is 0 Å². The van der Waals surface area contributed by atoms with Crippen molar-refractivity contribution in [1.82, 2.24) is 4.98 Å². The molecule has 0 bridgehead atoms. The summed E-state index contributed by atoms with van der Waals surface area (Å²) < 4.78 is 0. The first kappa shape index (κ1) is 13.0. The largest absolute Gasteiger partial charge is 0.371 e. The maximum atomic E-state index is 11.3. The molecule has 22 heavy (non-hydrogen) atoms. The molecule has 2 aromatic rings. The fourth-order valence-electron chi connectivity index (χ4n) is 3.61. The molecule has 5 heteroatoms. The van der Waals surface area contributed by atoms with Gasteiger partial charge in [-0.2, -0.15) is 0 Å². The topological polar surface area (TPSA) is 68.1 Å². The van der Waals surface area contributed by atoms with Gasteiger partial charge in [0, 0.05) is 18.2 Å². The zero-order valence-corrected chi connectivity index (χ0v) is 11.8. The first-order valence-corrected chi connectivity index (χ1v) is 7.37. The van der Waals surface area contributed by atoms with Gasteiger partial charge in [-0.05, 0) is 30.0 Å². The Balaban J connectivity index is 1.85. The van der Waals surface area contributed by atoms with Crippen molar-refractivity contribution in [2.24, 2.45) is 5.92 Å². The number of benzene rings is 1. The summed E-state index contributed by atoms with van der Waals surface area (Å²) in [4.78, 5) is 15.5. The van der Waals surface area contributed by atoms with Crippen molar-refractivity contribution < 1.29 is 4.92 Å². The van der Waals surface area contributed by atoms with Crippen molar-refractivity contribution in [2.45, 2.75) is 18.4 Å². The van der Waals surface area contributed by atoms with Crippen molar-refractivity contribution >= 4 is 11.4 Å². The number of hydrogen-bond donors (Lipinski definition) is 1. The highest BCUT2D eigenvalue weighted by Gasteiger charge is 2.40. The van der Waals surface area contributed by atoms with Crippen LogP contribution in [0.15, 0.2) is 54.7 Å². The Morgan fingerprint density at radius 1 is 1.23 bits per heavy atom. The highest BCUT2D eigenvalue weighted by atomic mass is 16.6. The predicted molar refractivity (Wildman–Crippen MR) is 83.7 cm³/mol. The van der Waals surface area contributed by atoms with Gasteiger partial charge in [-0.15, -0.1) is 0 Å². The van der Waals surface area contributed by atoms with E-state index >= 15 is 0 Å². The molecule has 2 heterocycles. The average molecular weight is 293 g/mol. The Morgan fingerprint density at radius 2 is 2.14 bits per heavy atom. The van der Waals surface area contributed by atoms with Gasteiger partial charge in [0.05, 0.1) is 16.7 Å². The average Bonchev–Trinajstić information content (AvgIpc) is 3.04. The van der Waals surface area contributed by atoms with E-state index in [1.165, 1.54) is 0 Å². The van der Waals surface area contributed by atoms with Gasteiger partial charge < -0.3 is 5.32 Å². The van der Waals surface area contributed by atoms with Crippen LogP contribution in [0.1, 0.15) is 29.6 Å². The second kappa shape index (κ2) is 4.94. The number of nitrogens with one attached hydrogen (secondary N) is 1. The molecule has 2 aliphatic rings. The summed E-state index contributed by atoms with van der Waals surface area (Å²) in [5.74, 6) is 0.563. The van der Waals surface area contributed by atoms with Gasteiger partial charge in [-0.1, -0.05) is 30.4 Å². The van der Waals surface area contributed by atoms with Crippen LogP contribution in [0.5, 0.6) is 0 Å². The van der Waals surface area contributed by atoms with Gasteiger partial charge in [0.2, 0.25) is 0 Å². The number of anilines is 1. The molecule has 3 atom stereocenters. The molecule has 110 valence electrons. The quantitative estimate of drug-likeness (QED) is 0.519. The number of pyridine rings is 1. The van der Waals surface area contributed by atoms with E-state index in [-0.39, 0.29) is 22.6 Å². The van der Waals surface area contributed by atoms with Crippen LogP contribution < -0.4 is 5.32 Å². The Morgan fingerprint density at radius 3 is 2.91 bits per heavy atom. The van der Waals surface area contributed by atoms with Crippen LogP contribution in [-0.4, -0.2) is 9.91 Å². The maximum absolute atomic E-state index is 11.3. The molecule has 0 saturated carbocycles. The summed E-state index contributed by atoms with van der Waals surface area (Å²) in [5.41, 5.74) is 2.72. The lowest BCUT2D eigenvalue weighted by Crippen LogP contribution is -2.30. The van der Waals surface area contributed by atoms with Crippen LogP contribution in [0.3, 0.4) is 0 Å². The third kappa shape index (κ3) is 1.89. The van der Waals surface area contributed by atoms with Crippen LogP contribution in [0, 0.1) is 16.0 Å². The van der Waals surface area contributed by atoms with Gasteiger partial charge in [0.1, 0.15) is 5.69 Å². The monoisotopic (exact) mass is 293 g/mol. The van der Waals surface area contributed by atoms with E-state index in [2.05, 4.69) is 22.5 Å². The number of nitro benzene ring substituents is 1. The molecule has 1 aromatic heterocycles. The van der Waals surface area contributed by atoms with E-state index < -0.39 is 0 Å². The van der Waals surface area contributed by atoms with Crippen molar-refractivity contribution in [2.75, 3.05) is 5.32 Å². The smallest absolute Gasteiger partial charge is 0.292 e. The van der Waals surface area contributed by atoms with Crippen molar-refractivity contribution in [3.05, 3.63) is 76.1 Å². The van der Waals surface area contributed by atoms with E-state index in [0.717, 1.165) is 17.7 Å². The SMILES string of the molecule is O=[N+]([O-])c1cccc2c1N[C@H](c1ccccn1)[C@H]1CC=C[C@H]21. The first-order valence-electron chi connectivity index (χ1n) is 7.37. The lowest BCUT2D eigenvalue weighted by atomic mass is 9.78. The number of para-hydroxylation sites is 1. The lowest BCUT2D eigenvalue weighted by Gasteiger charge is -2.36. The fourth-order valence-corrected chi connectivity index (χ4v) is 3.61. The molecule has 0 amide bonds. The molecule has 1 N–H and O–H groups in total. The van der Waals surface area contributed by atoms with Gasteiger partial charge in [-0.3, -0.25) is 15.1 Å². The number of nitro groups is 1. The molecule has 0 spiro atoms. The second-order valence-electron chi connectivity index (χ2n) is 5.73. The Kier molecular flexibility index (Phi) is 2.92. The standard InChI is InChI=1S/C17H15N3O2/c21-20(22)15-9-4-7-13-11-5-3-6-12(11)16(19-17(13)15)14-8-1-2-10-18-14/h1-5,7-12,16,19H,6H2/t11-,12-,16-/m0/s1. The number of rotatable bonds is 2. The number of allylic oxidation sites excluding steroid dienone is 2. The van der Waals surface area contributed by atoms with E-state index in [1.54, 1.807) is 18.3 Å². The van der Waals surface area contributed by atoms with E-state index in [9.17, 15) is 10.1 Å². The maximum Gasteiger partial charge on any atom is 0.292 e. The number of aromatic nitrogens is 1. The minimum Gasteiger partial charge on any atom is -0.371 e. The molecule has 1 aliphatic carbocycles. The first-order chi connectivity index (χ1) is 10.8. The van der Waals surface area contributed by atoms with Crippen molar-refractivity contribution in [3.8, 4) is 0 Å². The molecule has 5 nitrogen and oxygen atoms in total. The molecular formula is C17H15N3O2. The minimum absolute atomic E-state index is 0.00481. The summed E-state index contributed by atoms with van der Waals surface area (Å²) in [6, 6.07) is 11.1. The zero-order chi connectivity index (χ0) is 15.1. The zero-order valence-electron chi connectivity index (χ0n) is 11.8. The van der Waals surface area contributed by atoms with Crippen molar-refractivity contribution in [3.63, 3.8) is 0 Å². The van der Waals surface area contributed by atoms with Crippen LogP contribution in [0.25, 0.3) is 0 Å². The Labute approximate surface area is 127 Å². The predicted octanol–water partition coefficient (Wildman–Crippen LogP) is 3.82. The normalized spacial score (nSPS) is 25.2. The van der Waals surface area contributed by atoms with Gasteiger partial charge in [0.15, 0.2) is 0 Å². The van der Waals surface area contributed by atoms with Crippen LogP contribution in [0.4, 0.5) is 11.4 Å². The number of fused-ring (bicyclic) bond motifs is 3. The second-order valence-corrected chi connectivity index (χ2v) is 5.73. The molecule has 0 radical (unpaired) electrons. The van der Waals surface area contributed by atoms with Crippen LogP contribution in [-0.2, 0) is 0 Å². The molecule has 1 aliphatic heterocycles. The number of nitrogens with zero attached hydrogens (tertiary/aromatic N) is 2. The van der Waals surface area contributed by atoms with Gasteiger partial charge >= 0.3 is 0 Å². The Bertz CT molecular complexity index is 758. The van der Waals surface area contributed by atoms with Crippen LogP contribution in [0.2, 0.25) is 0 Å². The molecule has 0 fully saturated rings. The third-order valence-corrected chi connectivity index (χ3v) is 4.58. The van der Waals surface area contributed by atoms with E-state index in [0.29, 0.717) is 11.6 Å². The summed E-state index contributed by atoms with van der Waals surface area (Å²) in [7, 11) is 0. The minimum atomic E-state index is -0.319. The van der Waals surface area contributed by atoms with E-state index in [1.807, 2.05) is 24.3 Å². The summed E-state index contributed by atoms with van der Waals surface area (Å²) in [6.07, 6.45) is 7.06. The summed E-state index contributed by atoms with van der Waals surface area (Å²) in [5, 5.41) is 14.7. The lowest BCUT2D eigenvalue weighted by molar-refractivity contribution is -0.384. The highest BCUT2D eigenvalue weighted by Crippen LogP contribution is 2.51. The third-order valence-electron chi connectivity index (χ3n) is 4.58. The molecule has 0 saturated heterocycles. The molecule has 0 unspecified atom stereocenters. The van der Waals surface area contributed by atoms with Gasteiger partial charge in [0.25, 0.3) is 5.69 Å². The summed E-state index contributed by atoms with van der Waals surface area (Å²) >= 11 is 0. The Hall–Kier alpha value is -2.69. The fraction of sp³-hybridized carbons (Fsp3) is 0.235. The molecule has 1 aromatic carbocycles. The highest BCUT2D eigenvalue weighted by molar-refractivity contribution is 5.70. The van der Waals surface area contributed by atoms with Gasteiger partial charge in [-0.25, -0.2) is 0 Å².